The highest BCUT2D eigenvalue weighted by atomic mass is 16.1. The maximum atomic E-state index is 11.7. The van der Waals surface area contributed by atoms with Gasteiger partial charge in [-0.2, -0.15) is 0 Å². The summed E-state index contributed by atoms with van der Waals surface area (Å²) in [4.78, 5) is 11.7. The molecule has 3 heteroatoms. The molecule has 0 bridgehead atoms. The van der Waals surface area contributed by atoms with Crippen molar-refractivity contribution in [2.45, 2.75) is 53.0 Å². The van der Waals surface area contributed by atoms with Crippen LogP contribution in [0, 0.1) is 17.3 Å². The SMILES string of the molecule is CC(C)CC(C)(C)CNC(=O)C1CC(N)C1. The Bertz CT molecular complexity index is 242. The minimum atomic E-state index is 0.171. The second kappa shape index (κ2) is 5.17. The van der Waals surface area contributed by atoms with Gasteiger partial charge in [-0.3, -0.25) is 4.79 Å². The third kappa shape index (κ3) is 4.12. The Morgan fingerprint density at radius 3 is 2.44 bits per heavy atom. The second-order valence-corrected chi connectivity index (χ2v) is 6.41. The molecule has 1 aliphatic carbocycles. The van der Waals surface area contributed by atoms with Gasteiger partial charge in [0.2, 0.25) is 5.91 Å². The summed E-state index contributed by atoms with van der Waals surface area (Å²) in [6.45, 7) is 9.62. The van der Waals surface area contributed by atoms with Crippen LogP contribution in [0.2, 0.25) is 0 Å². The first kappa shape index (κ1) is 13.5. The van der Waals surface area contributed by atoms with E-state index in [0.717, 1.165) is 25.8 Å². The molecule has 0 heterocycles. The molecule has 0 aromatic heterocycles. The van der Waals surface area contributed by atoms with E-state index in [1.807, 2.05) is 0 Å². The van der Waals surface area contributed by atoms with Crippen molar-refractivity contribution < 1.29 is 4.79 Å². The molecule has 0 atom stereocenters. The lowest BCUT2D eigenvalue weighted by molar-refractivity contribution is -0.128. The van der Waals surface area contributed by atoms with Gasteiger partial charge in [0.05, 0.1) is 0 Å². The fourth-order valence-corrected chi connectivity index (χ4v) is 2.52. The van der Waals surface area contributed by atoms with Gasteiger partial charge in [-0.15, -0.1) is 0 Å². The summed E-state index contributed by atoms with van der Waals surface area (Å²) in [6.07, 6.45) is 2.85. The van der Waals surface area contributed by atoms with Crippen molar-refractivity contribution >= 4 is 5.91 Å². The molecule has 0 aromatic carbocycles. The molecule has 3 N–H and O–H groups in total. The summed E-state index contributed by atoms with van der Waals surface area (Å²) in [5, 5.41) is 3.06. The number of nitrogens with two attached hydrogens (primary N) is 1. The number of rotatable bonds is 5. The number of amides is 1. The van der Waals surface area contributed by atoms with Crippen LogP contribution in [0.15, 0.2) is 0 Å². The Hall–Kier alpha value is -0.570. The lowest BCUT2D eigenvalue weighted by atomic mass is 9.79. The molecule has 3 nitrogen and oxygen atoms in total. The normalized spacial score (nSPS) is 25.4. The van der Waals surface area contributed by atoms with Crippen LogP contribution < -0.4 is 11.1 Å². The first-order chi connectivity index (χ1) is 7.30. The summed E-state index contributed by atoms with van der Waals surface area (Å²) in [5.41, 5.74) is 5.86. The van der Waals surface area contributed by atoms with Gasteiger partial charge >= 0.3 is 0 Å². The molecule has 0 aliphatic heterocycles. The topological polar surface area (TPSA) is 55.1 Å². The third-order valence-corrected chi connectivity index (χ3v) is 3.25. The van der Waals surface area contributed by atoms with Gasteiger partial charge in [-0.25, -0.2) is 0 Å². The Labute approximate surface area is 99.2 Å². The van der Waals surface area contributed by atoms with E-state index in [1.54, 1.807) is 0 Å². The van der Waals surface area contributed by atoms with Gasteiger partial charge in [0.15, 0.2) is 0 Å². The van der Waals surface area contributed by atoms with Crippen molar-refractivity contribution in [1.82, 2.24) is 5.32 Å². The van der Waals surface area contributed by atoms with Gasteiger partial charge in [-0.1, -0.05) is 27.7 Å². The molecule has 0 aromatic rings. The molecule has 94 valence electrons. The average molecular weight is 226 g/mol. The van der Waals surface area contributed by atoms with Crippen LogP contribution in [-0.2, 0) is 4.79 Å². The monoisotopic (exact) mass is 226 g/mol. The molecular formula is C13H26N2O. The number of hydrogen-bond donors (Lipinski definition) is 2. The molecule has 0 saturated heterocycles. The van der Waals surface area contributed by atoms with Crippen molar-refractivity contribution in [3.63, 3.8) is 0 Å². The zero-order valence-electron chi connectivity index (χ0n) is 11.0. The van der Waals surface area contributed by atoms with Gasteiger partial charge < -0.3 is 11.1 Å². The van der Waals surface area contributed by atoms with Crippen LogP contribution in [0.5, 0.6) is 0 Å². The van der Waals surface area contributed by atoms with Gasteiger partial charge in [0, 0.05) is 18.5 Å². The van der Waals surface area contributed by atoms with Crippen LogP contribution in [0.25, 0.3) is 0 Å². The Morgan fingerprint density at radius 2 is 2.00 bits per heavy atom. The van der Waals surface area contributed by atoms with E-state index in [-0.39, 0.29) is 23.3 Å². The highest BCUT2D eigenvalue weighted by Gasteiger charge is 2.32. The summed E-state index contributed by atoms with van der Waals surface area (Å²) in [7, 11) is 0. The summed E-state index contributed by atoms with van der Waals surface area (Å²) < 4.78 is 0. The first-order valence-corrected chi connectivity index (χ1v) is 6.33. The largest absolute Gasteiger partial charge is 0.355 e. The van der Waals surface area contributed by atoms with Crippen LogP contribution in [0.4, 0.5) is 0 Å². The van der Waals surface area contributed by atoms with Crippen LogP contribution in [0.1, 0.15) is 47.0 Å². The standard InChI is InChI=1S/C13H26N2O/c1-9(2)7-13(3,4)8-15-12(16)10-5-11(14)6-10/h9-11H,5-8,14H2,1-4H3,(H,15,16). The average Bonchev–Trinajstić information content (AvgIpc) is 2.07. The quantitative estimate of drug-likeness (QED) is 0.752. The van der Waals surface area contributed by atoms with Gasteiger partial charge in [-0.05, 0) is 30.6 Å². The molecule has 1 amide bonds. The maximum Gasteiger partial charge on any atom is 0.223 e. The predicted octanol–water partition coefficient (Wildman–Crippen LogP) is 1.91. The molecule has 1 saturated carbocycles. The molecule has 1 fully saturated rings. The molecular weight excluding hydrogens is 200 g/mol. The van der Waals surface area contributed by atoms with E-state index in [1.165, 1.54) is 0 Å². The Morgan fingerprint density at radius 1 is 1.44 bits per heavy atom. The van der Waals surface area contributed by atoms with E-state index >= 15 is 0 Å². The molecule has 0 spiro atoms. The first-order valence-electron chi connectivity index (χ1n) is 6.33. The van der Waals surface area contributed by atoms with Crippen molar-refractivity contribution in [2.24, 2.45) is 23.0 Å². The van der Waals surface area contributed by atoms with Crippen molar-refractivity contribution in [3.8, 4) is 0 Å². The molecule has 0 unspecified atom stereocenters. The smallest absolute Gasteiger partial charge is 0.223 e. The number of carbonyl (C=O) groups is 1. The zero-order valence-corrected chi connectivity index (χ0v) is 11.0. The van der Waals surface area contributed by atoms with Gasteiger partial charge in [0.1, 0.15) is 0 Å². The Balaban J connectivity index is 2.25. The summed E-state index contributed by atoms with van der Waals surface area (Å²) >= 11 is 0. The highest BCUT2D eigenvalue weighted by Crippen LogP contribution is 2.27. The van der Waals surface area contributed by atoms with Crippen LogP contribution >= 0.6 is 0 Å². The Kier molecular flexibility index (Phi) is 4.36. The molecule has 1 aliphatic rings. The fraction of sp³-hybridized carbons (Fsp3) is 0.923. The summed E-state index contributed by atoms with van der Waals surface area (Å²) in [5.74, 6) is 1.03. The van der Waals surface area contributed by atoms with Crippen molar-refractivity contribution in [3.05, 3.63) is 0 Å². The third-order valence-electron chi connectivity index (χ3n) is 3.25. The maximum absolute atomic E-state index is 11.7. The zero-order chi connectivity index (χ0) is 12.3. The molecule has 0 radical (unpaired) electrons. The summed E-state index contributed by atoms with van der Waals surface area (Å²) in [6, 6.07) is 0.249. The molecule has 16 heavy (non-hydrogen) atoms. The minimum Gasteiger partial charge on any atom is -0.355 e. The lowest BCUT2D eigenvalue weighted by Gasteiger charge is -2.33. The van der Waals surface area contributed by atoms with E-state index in [2.05, 4.69) is 33.0 Å². The minimum absolute atomic E-state index is 0.171. The highest BCUT2D eigenvalue weighted by molar-refractivity contribution is 5.79. The van der Waals surface area contributed by atoms with E-state index in [9.17, 15) is 4.79 Å². The second-order valence-electron chi connectivity index (χ2n) is 6.41. The van der Waals surface area contributed by atoms with Crippen LogP contribution in [0.3, 0.4) is 0 Å². The van der Waals surface area contributed by atoms with Crippen molar-refractivity contribution in [1.29, 1.82) is 0 Å². The number of nitrogens with one attached hydrogen (secondary N) is 1. The van der Waals surface area contributed by atoms with Crippen LogP contribution in [-0.4, -0.2) is 18.5 Å². The fourth-order valence-electron chi connectivity index (χ4n) is 2.52. The van der Waals surface area contributed by atoms with Crippen molar-refractivity contribution in [2.75, 3.05) is 6.54 Å². The number of hydrogen-bond acceptors (Lipinski definition) is 2. The lowest BCUT2D eigenvalue weighted by Crippen LogP contribution is -2.47. The van der Waals surface area contributed by atoms with Gasteiger partial charge in [0.25, 0.3) is 0 Å². The number of carbonyl (C=O) groups excluding carboxylic acids is 1. The van der Waals surface area contributed by atoms with E-state index < -0.39 is 0 Å². The molecule has 1 rings (SSSR count). The predicted molar refractivity (Wildman–Crippen MR) is 66.9 cm³/mol. The van der Waals surface area contributed by atoms with E-state index in [0.29, 0.717) is 5.92 Å². The van der Waals surface area contributed by atoms with E-state index in [4.69, 9.17) is 5.73 Å².